The minimum absolute atomic E-state index is 0.0257. The highest BCUT2D eigenvalue weighted by atomic mass is 19.4. The first-order valence-corrected chi connectivity index (χ1v) is 13.1. The number of fused-ring (bicyclic) bond motifs is 1. The van der Waals surface area contributed by atoms with Crippen LogP contribution < -0.4 is 14.9 Å². The lowest BCUT2D eigenvalue weighted by Gasteiger charge is -2.23. The SMILES string of the molecule is Cc1ccc(Oc2c(C(F)(F)F)oc3cc(OC(=O)C4CCCN4C(=O)OCc4ccccc4)c(C)cc3c2=O)cc1. The third-order valence-corrected chi connectivity index (χ3v) is 6.82. The van der Waals surface area contributed by atoms with E-state index < -0.39 is 46.8 Å². The van der Waals surface area contributed by atoms with E-state index in [0.29, 0.717) is 18.4 Å². The molecule has 3 aromatic carbocycles. The van der Waals surface area contributed by atoms with Crippen LogP contribution in [0.3, 0.4) is 0 Å². The first kappa shape index (κ1) is 28.7. The van der Waals surface area contributed by atoms with Crippen molar-refractivity contribution in [1.29, 1.82) is 0 Å². The predicted molar refractivity (Wildman–Crippen MR) is 145 cm³/mol. The average Bonchev–Trinajstić information content (AvgIpc) is 3.46. The molecule has 1 amide bonds. The van der Waals surface area contributed by atoms with Gasteiger partial charge in [-0.15, -0.1) is 0 Å². The van der Waals surface area contributed by atoms with Gasteiger partial charge in [-0.1, -0.05) is 48.0 Å². The molecule has 0 N–H and O–H groups in total. The molecule has 1 fully saturated rings. The standard InChI is InChI=1S/C31H26F3NO7/c1-18-10-12-21(13-11-18)40-27-26(36)22-15-19(2)24(16-25(22)41-28(27)31(32,33)34)42-29(37)23-9-6-14-35(23)30(38)39-17-20-7-4-3-5-8-20/h3-5,7-8,10-13,15-16,23H,6,9,14,17H2,1-2H3. The van der Waals surface area contributed by atoms with Gasteiger partial charge in [-0.2, -0.15) is 13.2 Å². The van der Waals surface area contributed by atoms with Gasteiger partial charge in [-0.25, -0.2) is 9.59 Å². The zero-order valence-electron chi connectivity index (χ0n) is 22.7. The molecular formula is C31H26F3NO7. The average molecular weight is 582 g/mol. The number of hydrogen-bond acceptors (Lipinski definition) is 7. The maximum atomic E-state index is 14.0. The van der Waals surface area contributed by atoms with Crippen molar-refractivity contribution in [2.75, 3.05) is 6.54 Å². The Bertz CT molecular complexity index is 1680. The van der Waals surface area contributed by atoms with Crippen molar-refractivity contribution in [3.05, 3.63) is 99.4 Å². The number of rotatable bonds is 6. The van der Waals surface area contributed by atoms with Gasteiger partial charge in [0, 0.05) is 12.6 Å². The van der Waals surface area contributed by atoms with Gasteiger partial charge >= 0.3 is 18.2 Å². The number of likely N-dealkylation sites (tertiary alicyclic amines) is 1. The molecule has 1 saturated heterocycles. The summed E-state index contributed by atoms with van der Waals surface area (Å²) in [4.78, 5) is 40.3. The van der Waals surface area contributed by atoms with Gasteiger partial charge in [-0.05, 0) is 56.0 Å². The molecule has 1 atom stereocenters. The highest BCUT2D eigenvalue weighted by Crippen LogP contribution is 2.39. The second-order valence-electron chi connectivity index (χ2n) is 9.93. The Morgan fingerprint density at radius 3 is 2.43 bits per heavy atom. The van der Waals surface area contributed by atoms with Crippen molar-refractivity contribution < 1.29 is 41.4 Å². The molecule has 1 aliphatic rings. The van der Waals surface area contributed by atoms with E-state index in [1.165, 1.54) is 30.0 Å². The summed E-state index contributed by atoms with van der Waals surface area (Å²) < 4.78 is 63.3. The lowest BCUT2D eigenvalue weighted by molar-refractivity contribution is -0.154. The largest absolute Gasteiger partial charge is 0.453 e. The van der Waals surface area contributed by atoms with Crippen molar-refractivity contribution in [1.82, 2.24) is 4.90 Å². The lowest BCUT2D eigenvalue weighted by atomic mass is 10.1. The number of hydrogen-bond donors (Lipinski definition) is 0. The molecule has 218 valence electrons. The summed E-state index contributed by atoms with van der Waals surface area (Å²) in [6.07, 6.45) is -4.89. The molecule has 0 radical (unpaired) electrons. The lowest BCUT2D eigenvalue weighted by Crippen LogP contribution is -2.42. The Morgan fingerprint density at radius 1 is 1.02 bits per heavy atom. The van der Waals surface area contributed by atoms with Crippen molar-refractivity contribution in [2.24, 2.45) is 0 Å². The molecule has 0 saturated carbocycles. The van der Waals surface area contributed by atoms with Crippen LogP contribution in [0.25, 0.3) is 11.0 Å². The van der Waals surface area contributed by atoms with Crippen LogP contribution in [0.15, 0.2) is 75.9 Å². The highest BCUT2D eigenvalue weighted by molar-refractivity contribution is 5.86. The maximum absolute atomic E-state index is 14.0. The normalized spacial score (nSPS) is 15.1. The van der Waals surface area contributed by atoms with Crippen molar-refractivity contribution >= 4 is 23.0 Å². The van der Waals surface area contributed by atoms with E-state index in [1.54, 1.807) is 31.2 Å². The summed E-state index contributed by atoms with van der Waals surface area (Å²) in [6, 6.07) is 16.6. The molecule has 5 rings (SSSR count). The summed E-state index contributed by atoms with van der Waals surface area (Å²) in [7, 11) is 0. The smallest absolute Gasteiger partial charge is 0.449 e. The van der Waals surface area contributed by atoms with Gasteiger partial charge in [0.15, 0.2) is 0 Å². The van der Waals surface area contributed by atoms with E-state index >= 15 is 0 Å². The fourth-order valence-corrected chi connectivity index (χ4v) is 4.64. The predicted octanol–water partition coefficient (Wildman–Crippen LogP) is 6.93. The number of carbonyl (C=O) groups excluding carboxylic acids is 2. The quantitative estimate of drug-likeness (QED) is 0.180. The van der Waals surface area contributed by atoms with E-state index in [1.807, 2.05) is 18.2 Å². The Kier molecular flexibility index (Phi) is 7.93. The number of benzene rings is 3. The summed E-state index contributed by atoms with van der Waals surface area (Å²) in [6.45, 7) is 3.63. The first-order valence-electron chi connectivity index (χ1n) is 13.1. The van der Waals surface area contributed by atoms with Crippen molar-refractivity contribution in [3.63, 3.8) is 0 Å². The third-order valence-electron chi connectivity index (χ3n) is 6.82. The molecule has 0 bridgehead atoms. The molecule has 1 unspecified atom stereocenters. The van der Waals surface area contributed by atoms with Crippen LogP contribution in [0.4, 0.5) is 18.0 Å². The summed E-state index contributed by atoms with van der Waals surface area (Å²) >= 11 is 0. The van der Waals surface area contributed by atoms with Gasteiger partial charge in [0.2, 0.25) is 11.2 Å². The number of carbonyl (C=O) groups is 2. The first-order chi connectivity index (χ1) is 20.0. The molecular weight excluding hydrogens is 555 g/mol. The van der Waals surface area contributed by atoms with Crippen LogP contribution in [-0.2, 0) is 22.3 Å². The van der Waals surface area contributed by atoms with Crippen LogP contribution in [0, 0.1) is 13.8 Å². The molecule has 11 heteroatoms. The van der Waals surface area contributed by atoms with Crippen LogP contribution in [0.1, 0.15) is 35.3 Å². The number of nitrogens with zero attached hydrogens (tertiary/aromatic N) is 1. The fraction of sp³-hybridized carbons (Fsp3) is 0.258. The summed E-state index contributed by atoms with van der Waals surface area (Å²) in [5.41, 5.74) is 0.450. The Hall–Kier alpha value is -4.80. The zero-order chi connectivity index (χ0) is 30.0. The molecule has 1 aliphatic heterocycles. The summed E-state index contributed by atoms with van der Waals surface area (Å²) in [5.74, 6) is -3.49. The van der Waals surface area contributed by atoms with Gasteiger partial charge in [-0.3, -0.25) is 9.69 Å². The number of ether oxygens (including phenoxy) is 3. The fourth-order valence-electron chi connectivity index (χ4n) is 4.64. The molecule has 0 spiro atoms. The minimum atomic E-state index is -5.06. The van der Waals surface area contributed by atoms with Crippen LogP contribution in [0.5, 0.6) is 17.2 Å². The molecule has 42 heavy (non-hydrogen) atoms. The van der Waals surface area contributed by atoms with Gasteiger partial charge in [0.25, 0.3) is 5.76 Å². The Morgan fingerprint density at radius 2 is 1.74 bits per heavy atom. The minimum Gasteiger partial charge on any atom is -0.449 e. The topological polar surface area (TPSA) is 95.3 Å². The number of alkyl halides is 3. The van der Waals surface area contributed by atoms with E-state index in [0.717, 1.165) is 17.2 Å². The van der Waals surface area contributed by atoms with Gasteiger partial charge in [0.05, 0.1) is 5.39 Å². The number of esters is 1. The molecule has 2 heterocycles. The van der Waals surface area contributed by atoms with E-state index in [-0.39, 0.29) is 30.0 Å². The van der Waals surface area contributed by atoms with Crippen LogP contribution in [-0.4, -0.2) is 29.5 Å². The third kappa shape index (κ3) is 6.09. The van der Waals surface area contributed by atoms with E-state index in [2.05, 4.69) is 0 Å². The Labute approximate surface area is 238 Å². The van der Waals surface area contributed by atoms with Crippen molar-refractivity contribution in [3.8, 4) is 17.2 Å². The van der Waals surface area contributed by atoms with Crippen molar-refractivity contribution in [2.45, 2.75) is 45.5 Å². The molecule has 0 aliphatic carbocycles. The number of aryl methyl sites for hydroxylation is 2. The highest BCUT2D eigenvalue weighted by Gasteiger charge is 2.41. The van der Waals surface area contributed by atoms with E-state index in [9.17, 15) is 27.6 Å². The second-order valence-corrected chi connectivity index (χ2v) is 9.93. The monoisotopic (exact) mass is 581 g/mol. The zero-order valence-corrected chi connectivity index (χ0v) is 22.7. The summed E-state index contributed by atoms with van der Waals surface area (Å²) in [5, 5.41) is -0.186. The Balaban J connectivity index is 1.40. The van der Waals surface area contributed by atoms with Gasteiger partial charge < -0.3 is 18.6 Å². The van der Waals surface area contributed by atoms with Gasteiger partial charge in [0.1, 0.15) is 29.7 Å². The van der Waals surface area contributed by atoms with E-state index in [4.69, 9.17) is 18.6 Å². The van der Waals surface area contributed by atoms with Crippen LogP contribution >= 0.6 is 0 Å². The second kappa shape index (κ2) is 11.6. The molecule has 4 aromatic rings. The maximum Gasteiger partial charge on any atom is 0.453 e. The van der Waals surface area contributed by atoms with Crippen LogP contribution in [0.2, 0.25) is 0 Å². The molecule has 1 aromatic heterocycles. The number of halogens is 3. The number of amides is 1. The molecule has 8 nitrogen and oxygen atoms in total.